The van der Waals surface area contributed by atoms with Crippen LogP contribution in [0.3, 0.4) is 0 Å². The normalized spacial score (nSPS) is 11.7. The monoisotopic (exact) mass is 300 g/mol. The number of Topliss-reactive ketones (excluding diaryl/α,β-unsaturated/α-hetero) is 1. The molecule has 0 spiro atoms. The van der Waals surface area contributed by atoms with E-state index in [0.717, 1.165) is 0 Å². The first-order valence-corrected chi connectivity index (χ1v) is 7.56. The van der Waals surface area contributed by atoms with Gasteiger partial charge in [-0.1, -0.05) is 46.6 Å². The average molecular weight is 301 g/mol. The summed E-state index contributed by atoms with van der Waals surface area (Å²) in [5.41, 5.74) is 0.528. The number of allylic oxidation sites excluding steroid dienone is 2. The van der Waals surface area contributed by atoms with Crippen LogP contribution in [0.5, 0.6) is 5.75 Å². The van der Waals surface area contributed by atoms with Crippen LogP contribution in [0.2, 0.25) is 6.04 Å². The molecular formula is C13H14Cl2O2Si. The second-order valence-electron chi connectivity index (χ2n) is 3.62. The molecule has 0 aliphatic heterocycles. The first-order chi connectivity index (χ1) is 8.54. The predicted molar refractivity (Wildman–Crippen MR) is 76.9 cm³/mol. The number of hydrogen-bond acceptors (Lipinski definition) is 2. The van der Waals surface area contributed by atoms with E-state index in [4.69, 9.17) is 27.9 Å². The highest BCUT2D eigenvalue weighted by atomic mass is 35.5. The van der Waals surface area contributed by atoms with Gasteiger partial charge in [-0.2, -0.15) is 0 Å². The largest absolute Gasteiger partial charge is 0.460 e. The molecule has 0 aliphatic rings. The van der Waals surface area contributed by atoms with Crippen molar-refractivity contribution in [2.75, 3.05) is 0 Å². The smallest absolute Gasteiger partial charge is 0.247 e. The maximum Gasteiger partial charge on any atom is 0.247 e. The molecule has 1 rings (SSSR count). The molecule has 0 unspecified atom stereocenters. The SMILES string of the molecule is CC=C(C)[Si]CC(=O)c1ccccc1OC(Cl)Cl. The Balaban J connectivity index is 2.78. The van der Waals surface area contributed by atoms with Gasteiger partial charge in [-0.3, -0.25) is 4.79 Å². The lowest BCUT2D eigenvalue weighted by Gasteiger charge is -2.10. The number of para-hydroxylation sites is 1. The van der Waals surface area contributed by atoms with Crippen molar-refractivity contribution in [1.82, 2.24) is 0 Å². The van der Waals surface area contributed by atoms with Crippen molar-refractivity contribution >= 4 is 38.5 Å². The van der Waals surface area contributed by atoms with Gasteiger partial charge in [0, 0.05) is 6.04 Å². The van der Waals surface area contributed by atoms with Gasteiger partial charge in [-0.05, 0) is 26.0 Å². The Bertz CT molecular complexity index is 444. The third-order valence-electron chi connectivity index (χ3n) is 2.36. The fraction of sp³-hybridized carbons (Fsp3) is 0.308. The Hall–Kier alpha value is -0.773. The molecular weight excluding hydrogens is 287 g/mol. The van der Waals surface area contributed by atoms with Crippen molar-refractivity contribution in [3.05, 3.63) is 41.1 Å². The molecule has 5 heteroatoms. The minimum absolute atomic E-state index is 0.0408. The van der Waals surface area contributed by atoms with E-state index >= 15 is 0 Å². The minimum Gasteiger partial charge on any atom is -0.460 e. The van der Waals surface area contributed by atoms with Crippen LogP contribution in [0.4, 0.5) is 0 Å². The van der Waals surface area contributed by atoms with E-state index in [9.17, 15) is 4.79 Å². The number of ether oxygens (including phenoxy) is 1. The van der Waals surface area contributed by atoms with Crippen LogP contribution < -0.4 is 4.74 Å². The quantitative estimate of drug-likeness (QED) is 0.450. The highest BCUT2D eigenvalue weighted by Crippen LogP contribution is 2.23. The molecule has 0 saturated heterocycles. The standard InChI is InChI=1S/C13H14Cl2O2Si/c1-3-9(2)18-8-11(16)10-6-4-5-7-12(10)17-13(14)15/h3-7,13H,8H2,1-2H3. The van der Waals surface area contributed by atoms with Crippen LogP contribution in [0, 0.1) is 0 Å². The van der Waals surface area contributed by atoms with Gasteiger partial charge in [0.15, 0.2) is 5.78 Å². The van der Waals surface area contributed by atoms with Crippen LogP contribution in [-0.2, 0) is 0 Å². The van der Waals surface area contributed by atoms with Gasteiger partial charge in [0.25, 0.3) is 0 Å². The average Bonchev–Trinajstić information content (AvgIpc) is 2.35. The topological polar surface area (TPSA) is 26.3 Å². The van der Waals surface area contributed by atoms with Gasteiger partial charge >= 0.3 is 0 Å². The lowest BCUT2D eigenvalue weighted by atomic mass is 10.1. The van der Waals surface area contributed by atoms with Gasteiger partial charge < -0.3 is 4.74 Å². The van der Waals surface area contributed by atoms with E-state index in [2.05, 4.69) is 0 Å². The summed E-state index contributed by atoms with van der Waals surface area (Å²) in [6.45, 7) is 3.98. The van der Waals surface area contributed by atoms with Crippen molar-refractivity contribution in [3.8, 4) is 5.75 Å². The molecule has 0 N–H and O–H groups in total. The van der Waals surface area contributed by atoms with E-state index in [0.29, 0.717) is 26.9 Å². The van der Waals surface area contributed by atoms with E-state index in [-0.39, 0.29) is 5.78 Å². The fourth-order valence-corrected chi connectivity index (χ4v) is 2.34. The molecule has 1 aromatic rings. The van der Waals surface area contributed by atoms with E-state index in [1.165, 1.54) is 5.20 Å². The Morgan fingerprint density at radius 2 is 2.11 bits per heavy atom. The number of benzene rings is 1. The van der Waals surface area contributed by atoms with Gasteiger partial charge in [-0.15, -0.1) is 0 Å². The first kappa shape index (κ1) is 15.3. The highest BCUT2D eigenvalue weighted by Gasteiger charge is 2.14. The molecule has 2 nitrogen and oxygen atoms in total. The second-order valence-corrected chi connectivity index (χ2v) is 6.14. The second kappa shape index (κ2) is 7.62. The van der Waals surface area contributed by atoms with E-state index in [1.54, 1.807) is 24.3 Å². The summed E-state index contributed by atoms with van der Waals surface area (Å²) in [5.74, 6) is 0.472. The van der Waals surface area contributed by atoms with Crippen LogP contribution in [-0.4, -0.2) is 20.3 Å². The maximum absolute atomic E-state index is 12.1. The predicted octanol–water partition coefficient (Wildman–Crippen LogP) is 4.06. The summed E-state index contributed by atoms with van der Waals surface area (Å²) in [5, 5.41) is 0.244. The third kappa shape index (κ3) is 4.84. The number of alkyl halides is 2. The zero-order chi connectivity index (χ0) is 13.5. The highest BCUT2D eigenvalue weighted by molar-refractivity contribution is 6.50. The number of ketones is 1. The molecule has 0 aromatic heterocycles. The lowest BCUT2D eigenvalue weighted by Crippen LogP contribution is -2.09. The van der Waals surface area contributed by atoms with Crippen molar-refractivity contribution in [3.63, 3.8) is 0 Å². The van der Waals surface area contributed by atoms with Crippen LogP contribution in [0.25, 0.3) is 0 Å². The minimum atomic E-state index is -0.973. The van der Waals surface area contributed by atoms with Crippen molar-refractivity contribution < 1.29 is 9.53 Å². The van der Waals surface area contributed by atoms with Gasteiger partial charge in [0.1, 0.15) is 5.75 Å². The molecule has 0 bridgehead atoms. The van der Waals surface area contributed by atoms with Gasteiger partial charge in [-0.25, -0.2) is 0 Å². The molecule has 1 aromatic carbocycles. The Morgan fingerprint density at radius 1 is 1.44 bits per heavy atom. The molecule has 0 amide bonds. The summed E-state index contributed by atoms with van der Waals surface area (Å²) in [4.78, 5) is 12.1. The molecule has 96 valence electrons. The van der Waals surface area contributed by atoms with Crippen LogP contribution in [0.15, 0.2) is 35.5 Å². The fourth-order valence-electron chi connectivity index (χ4n) is 1.31. The van der Waals surface area contributed by atoms with Gasteiger partial charge in [0.2, 0.25) is 5.02 Å². The first-order valence-electron chi connectivity index (χ1n) is 5.48. The molecule has 0 atom stereocenters. The number of hydrogen-bond donors (Lipinski definition) is 0. The zero-order valence-electron chi connectivity index (χ0n) is 10.2. The molecule has 0 fully saturated rings. The Kier molecular flexibility index (Phi) is 6.47. The Morgan fingerprint density at radius 3 is 2.72 bits per heavy atom. The van der Waals surface area contributed by atoms with E-state index < -0.39 is 5.02 Å². The maximum atomic E-state index is 12.1. The summed E-state index contributed by atoms with van der Waals surface area (Å²) in [7, 11) is 0.494. The summed E-state index contributed by atoms with van der Waals surface area (Å²) in [6, 6.07) is 7.47. The summed E-state index contributed by atoms with van der Waals surface area (Å²) in [6.07, 6.45) is 2.02. The zero-order valence-corrected chi connectivity index (χ0v) is 12.8. The summed E-state index contributed by atoms with van der Waals surface area (Å²) < 4.78 is 5.20. The summed E-state index contributed by atoms with van der Waals surface area (Å²) >= 11 is 11.1. The third-order valence-corrected chi connectivity index (χ3v) is 3.89. The number of halogens is 2. The van der Waals surface area contributed by atoms with Crippen LogP contribution in [0.1, 0.15) is 24.2 Å². The van der Waals surface area contributed by atoms with Crippen molar-refractivity contribution in [2.45, 2.75) is 24.9 Å². The van der Waals surface area contributed by atoms with E-state index in [1.807, 2.05) is 19.9 Å². The van der Waals surface area contributed by atoms with Crippen molar-refractivity contribution in [1.29, 1.82) is 0 Å². The number of carbonyl (C=O) groups excluding carboxylic acids is 1. The molecule has 18 heavy (non-hydrogen) atoms. The molecule has 0 heterocycles. The number of carbonyl (C=O) groups is 1. The van der Waals surface area contributed by atoms with Crippen molar-refractivity contribution in [2.24, 2.45) is 0 Å². The lowest BCUT2D eigenvalue weighted by molar-refractivity contribution is 0.101. The molecule has 2 radical (unpaired) electrons. The molecule has 0 saturated carbocycles. The number of rotatable bonds is 6. The van der Waals surface area contributed by atoms with Crippen LogP contribution >= 0.6 is 23.2 Å². The van der Waals surface area contributed by atoms with Gasteiger partial charge in [0.05, 0.1) is 15.1 Å². The molecule has 0 aliphatic carbocycles. The Labute approximate surface area is 120 Å².